The zero-order valence-electron chi connectivity index (χ0n) is 14.0. The standard InChI is InChI=1S/C19H33N.ClH/c1-3-20(2)18-14-9-7-5-4-6-8-11-15-19-16-12-10-13-17-19;/h10,12-13,16-17H,3-9,11,14-15,18H2,1-2H3;1H. The molecule has 122 valence electrons. The maximum Gasteiger partial charge on any atom is 0.0768 e. The third-order valence-electron chi connectivity index (χ3n) is 4.27. The van der Waals surface area contributed by atoms with Crippen molar-refractivity contribution in [3.05, 3.63) is 35.9 Å². The van der Waals surface area contributed by atoms with E-state index in [-0.39, 0.29) is 12.4 Å². The maximum atomic E-state index is 2.30. The Labute approximate surface area is 138 Å². The average molecular weight is 312 g/mol. The van der Waals surface area contributed by atoms with Gasteiger partial charge in [-0.3, -0.25) is 0 Å². The molecule has 1 aromatic carbocycles. The van der Waals surface area contributed by atoms with E-state index in [0.717, 1.165) is 0 Å². The second kappa shape index (κ2) is 14.4. The van der Waals surface area contributed by atoms with Crippen LogP contribution in [0.15, 0.2) is 30.3 Å². The molecule has 0 heterocycles. The fourth-order valence-electron chi connectivity index (χ4n) is 2.64. The van der Waals surface area contributed by atoms with E-state index >= 15 is 0 Å². The lowest BCUT2D eigenvalue weighted by Crippen LogP contribution is -3.08. The Morgan fingerprint density at radius 2 is 1.29 bits per heavy atom. The van der Waals surface area contributed by atoms with Crippen molar-refractivity contribution < 1.29 is 17.3 Å². The van der Waals surface area contributed by atoms with Crippen molar-refractivity contribution in [2.24, 2.45) is 0 Å². The summed E-state index contributed by atoms with van der Waals surface area (Å²) in [5.41, 5.74) is 1.50. The van der Waals surface area contributed by atoms with Crippen molar-refractivity contribution in [1.29, 1.82) is 0 Å². The molecular formula is C19H34ClN. The second-order valence-electron chi connectivity index (χ2n) is 6.12. The molecule has 0 radical (unpaired) electrons. The minimum Gasteiger partial charge on any atom is -1.00 e. The predicted octanol–water partition coefficient (Wildman–Crippen LogP) is 0.889. The molecule has 21 heavy (non-hydrogen) atoms. The molecule has 1 atom stereocenters. The third-order valence-corrected chi connectivity index (χ3v) is 4.27. The van der Waals surface area contributed by atoms with Gasteiger partial charge in [0.25, 0.3) is 0 Å². The number of halogens is 1. The molecule has 0 amide bonds. The topological polar surface area (TPSA) is 4.44 Å². The molecule has 0 aromatic heterocycles. The van der Waals surface area contributed by atoms with E-state index in [1.165, 1.54) is 76.4 Å². The molecule has 1 N–H and O–H groups in total. The molecule has 1 nitrogen and oxygen atoms in total. The van der Waals surface area contributed by atoms with Crippen molar-refractivity contribution in [3.63, 3.8) is 0 Å². The Bertz CT molecular complexity index is 313. The molecule has 0 aliphatic heterocycles. The van der Waals surface area contributed by atoms with Gasteiger partial charge in [0.05, 0.1) is 20.1 Å². The third kappa shape index (κ3) is 11.8. The van der Waals surface area contributed by atoms with Gasteiger partial charge in [-0.15, -0.1) is 0 Å². The number of hydrogen-bond donors (Lipinski definition) is 1. The number of aryl methyl sites for hydroxylation is 1. The minimum absolute atomic E-state index is 0. The summed E-state index contributed by atoms with van der Waals surface area (Å²) in [6.07, 6.45) is 12.6. The van der Waals surface area contributed by atoms with Crippen LogP contribution in [-0.2, 0) is 6.42 Å². The van der Waals surface area contributed by atoms with Crippen LogP contribution in [0, 0.1) is 0 Å². The van der Waals surface area contributed by atoms with Gasteiger partial charge in [-0.2, -0.15) is 0 Å². The van der Waals surface area contributed by atoms with Crippen LogP contribution >= 0.6 is 0 Å². The number of benzene rings is 1. The first-order chi connectivity index (χ1) is 9.83. The summed E-state index contributed by atoms with van der Waals surface area (Å²) in [6, 6.07) is 10.9. The van der Waals surface area contributed by atoms with Crippen molar-refractivity contribution in [1.82, 2.24) is 0 Å². The van der Waals surface area contributed by atoms with E-state index in [0.29, 0.717) is 0 Å². The van der Waals surface area contributed by atoms with Gasteiger partial charge in [-0.05, 0) is 38.2 Å². The summed E-state index contributed by atoms with van der Waals surface area (Å²) in [7, 11) is 2.30. The molecule has 0 saturated heterocycles. The molecule has 0 fully saturated rings. The van der Waals surface area contributed by atoms with Crippen LogP contribution in [0.1, 0.15) is 63.9 Å². The highest BCUT2D eigenvalue weighted by Gasteiger charge is 1.97. The number of quaternary nitrogens is 1. The fourth-order valence-corrected chi connectivity index (χ4v) is 2.64. The molecule has 0 saturated carbocycles. The summed E-state index contributed by atoms with van der Waals surface area (Å²) in [5, 5.41) is 0. The largest absolute Gasteiger partial charge is 1.00 e. The van der Waals surface area contributed by atoms with Gasteiger partial charge in [-0.25, -0.2) is 0 Å². The Morgan fingerprint density at radius 1 is 0.762 bits per heavy atom. The number of unbranched alkanes of at least 4 members (excludes halogenated alkanes) is 7. The Kier molecular flexibility index (Phi) is 14.0. The Hall–Kier alpha value is -0.530. The van der Waals surface area contributed by atoms with Crippen molar-refractivity contribution in [2.75, 3.05) is 20.1 Å². The van der Waals surface area contributed by atoms with Crippen LogP contribution in [0.4, 0.5) is 0 Å². The predicted molar refractivity (Wildman–Crippen MR) is 89.4 cm³/mol. The molecule has 2 heteroatoms. The van der Waals surface area contributed by atoms with Crippen LogP contribution in [0.3, 0.4) is 0 Å². The van der Waals surface area contributed by atoms with Crippen LogP contribution in [0.5, 0.6) is 0 Å². The molecule has 1 rings (SSSR count). The van der Waals surface area contributed by atoms with Gasteiger partial charge < -0.3 is 17.3 Å². The van der Waals surface area contributed by atoms with Gasteiger partial charge in [0.2, 0.25) is 0 Å². The van der Waals surface area contributed by atoms with Crippen molar-refractivity contribution >= 4 is 0 Å². The van der Waals surface area contributed by atoms with Gasteiger partial charge >= 0.3 is 0 Å². The van der Waals surface area contributed by atoms with E-state index in [1.807, 2.05) is 0 Å². The highest BCUT2D eigenvalue weighted by Crippen LogP contribution is 2.10. The van der Waals surface area contributed by atoms with E-state index in [4.69, 9.17) is 0 Å². The lowest BCUT2D eigenvalue weighted by Gasteiger charge is -2.10. The van der Waals surface area contributed by atoms with E-state index < -0.39 is 0 Å². The van der Waals surface area contributed by atoms with E-state index in [2.05, 4.69) is 44.3 Å². The first kappa shape index (κ1) is 20.5. The van der Waals surface area contributed by atoms with Crippen LogP contribution in [0.2, 0.25) is 0 Å². The number of hydrogen-bond acceptors (Lipinski definition) is 0. The monoisotopic (exact) mass is 311 g/mol. The average Bonchev–Trinajstić information content (AvgIpc) is 2.50. The van der Waals surface area contributed by atoms with Gasteiger partial charge in [0.1, 0.15) is 0 Å². The number of nitrogens with one attached hydrogen (secondary N) is 1. The molecule has 0 aliphatic rings. The van der Waals surface area contributed by atoms with E-state index in [1.54, 1.807) is 4.90 Å². The molecule has 1 aromatic rings. The summed E-state index contributed by atoms with van der Waals surface area (Å²) in [6.45, 7) is 4.89. The summed E-state index contributed by atoms with van der Waals surface area (Å²) in [5.74, 6) is 0. The maximum absolute atomic E-state index is 2.30. The first-order valence-corrected chi connectivity index (χ1v) is 8.68. The quantitative estimate of drug-likeness (QED) is 0.547. The van der Waals surface area contributed by atoms with Gasteiger partial charge in [0, 0.05) is 0 Å². The van der Waals surface area contributed by atoms with Crippen molar-refractivity contribution in [3.8, 4) is 0 Å². The van der Waals surface area contributed by atoms with Crippen LogP contribution in [0.25, 0.3) is 0 Å². The Balaban J connectivity index is 0.00000400. The number of rotatable bonds is 12. The zero-order valence-corrected chi connectivity index (χ0v) is 14.8. The van der Waals surface area contributed by atoms with Crippen molar-refractivity contribution in [2.45, 2.75) is 64.7 Å². The lowest BCUT2D eigenvalue weighted by molar-refractivity contribution is -0.877. The van der Waals surface area contributed by atoms with Crippen LogP contribution < -0.4 is 17.3 Å². The summed E-state index contributed by atoms with van der Waals surface area (Å²) in [4.78, 5) is 1.67. The van der Waals surface area contributed by atoms with Crippen LogP contribution in [-0.4, -0.2) is 20.1 Å². The van der Waals surface area contributed by atoms with E-state index in [9.17, 15) is 0 Å². The highest BCUT2D eigenvalue weighted by atomic mass is 35.5. The SMILES string of the molecule is CC[NH+](C)CCCCCCCCCCc1ccccc1.[Cl-]. The summed E-state index contributed by atoms with van der Waals surface area (Å²) >= 11 is 0. The molecule has 0 bridgehead atoms. The summed E-state index contributed by atoms with van der Waals surface area (Å²) < 4.78 is 0. The minimum atomic E-state index is 0. The Morgan fingerprint density at radius 3 is 1.86 bits per heavy atom. The zero-order chi connectivity index (χ0) is 14.5. The van der Waals surface area contributed by atoms with Gasteiger partial charge in [0.15, 0.2) is 0 Å². The first-order valence-electron chi connectivity index (χ1n) is 8.68. The van der Waals surface area contributed by atoms with Gasteiger partial charge in [-0.1, -0.05) is 62.4 Å². The lowest BCUT2D eigenvalue weighted by atomic mass is 10.0. The fraction of sp³-hybridized carbons (Fsp3) is 0.684. The molecular weight excluding hydrogens is 278 g/mol. The normalized spacial score (nSPS) is 11.9. The second-order valence-corrected chi connectivity index (χ2v) is 6.12. The molecule has 0 aliphatic carbocycles. The smallest absolute Gasteiger partial charge is 0.0768 e. The molecule has 1 unspecified atom stereocenters. The molecule has 0 spiro atoms. The highest BCUT2D eigenvalue weighted by molar-refractivity contribution is 5.14.